The number of carbonyl (C=O) groups is 1. The molecular formula is C11H12BrNO2. The molecule has 0 spiro atoms. The van der Waals surface area contributed by atoms with Crippen LogP contribution in [0.1, 0.15) is 15.9 Å². The molecule has 80 valence electrons. The quantitative estimate of drug-likeness (QED) is 0.386. The predicted octanol–water partition coefficient (Wildman–Crippen LogP) is 2.43. The number of rotatable bonds is 5. The third-order valence-electron chi connectivity index (χ3n) is 1.91. The van der Waals surface area contributed by atoms with Gasteiger partial charge in [-0.2, -0.15) is 0 Å². The fourth-order valence-corrected chi connectivity index (χ4v) is 1.68. The fourth-order valence-electron chi connectivity index (χ4n) is 1.19. The number of Topliss-reactive ketones (excluding diaryl/α,β-unsaturated/α-hetero) is 1. The Morgan fingerprint density at radius 3 is 2.80 bits per heavy atom. The average Bonchev–Trinajstić information content (AvgIpc) is 2.28. The van der Waals surface area contributed by atoms with Crippen molar-refractivity contribution >= 4 is 21.7 Å². The van der Waals surface area contributed by atoms with E-state index >= 15 is 0 Å². The zero-order chi connectivity index (χ0) is 11.3. The zero-order valence-electron chi connectivity index (χ0n) is 8.42. The van der Waals surface area contributed by atoms with Crippen LogP contribution < -0.4 is 5.48 Å². The molecule has 1 N–H and O–H groups in total. The summed E-state index contributed by atoms with van der Waals surface area (Å²) in [5.41, 5.74) is 4.22. The van der Waals surface area contributed by atoms with Crippen LogP contribution in [0.2, 0.25) is 0 Å². The number of carbonyl (C=O) groups excluding carboxylic acids is 1. The maximum atomic E-state index is 11.9. The third-order valence-corrected chi connectivity index (χ3v) is 2.51. The molecule has 0 aromatic heterocycles. The average molecular weight is 270 g/mol. The number of nitrogens with one attached hydrogen (secondary N) is 1. The molecule has 0 aliphatic heterocycles. The Hall–Kier alpha value is -1.13. The van der Waals surface area contributed by atoms with Gasteiger partial charge in [0.2, 0.25) is 5.78 Å². The fraction of sp³-hybridized carbons (Fsp3) is 0.182. The summed E-state index contributed by atoms with van der Waals surface area (Å²) in [6.45, 7) is 3.60. The van der Waals surface area contributed by atoms with Gasteiger partial charge in [0, 0.05) is 10.9 Å². The number of halogens is 1. The van der Waals surface area contributed by atoms with Gasteiger partial charge >= 0.3 is 0 Å². The largest absolute Gasteiger partial charge is 0.287 e. The lowest BCUT2D eigenvalue weighted by molar-refractivity contribution is 0.0881. The van der Waals surface area contributed by atoms with Gasteiger partial charge in [-0.3, -0.25) is 15.1 Å². The highest BCUT2D eigenvalue weighted by Gasteiger charge is 2.13. The molecule has 0 bridgehead atoms. The summed E-state index contributed by atoms with van der Waals surface area (Å²) < 4.78 is 0. The normalized spacial score (nSPS) is 9.73. The molecule has 0 fully saturated rings. The summed E-state index contributed by atoms with van der Waals surface area (Å²) in [5.74, 6) is -0.160. The van der Waals surface area contributed by atoms with Crippen molar-refractivity contribution in [3.8, 4) is 0 Å². The van der Waals surface area contributed by atoms with Crippen LogP contribution in [0.4, 0.5) is 0 Å². The van der Waals surface area contributed by atoms with Crippen molar-refractivity contribution in [2.24, 2.45) is 0 Å². The molecule has 0 unspecified atom stereocenters. The van der Waals surface area contributed by atoms with Gasteiger partial charge in [-0.15, -0.1) is 0 Å². The first-order valence-electron chi connectivity index (χ1n) is 4.37. The van der Waals surface area contributed by atoms with E-state index in [1.807, 2.05) is 18.2 Å². The Morgan fingerprint density at radius 1 is 1.53 bits per heavy atom. The van der Waals surface area contributed by atoms with E-state index in [1.54, 1.807) is 6.07 Å². The number of allylic oxidation sites excluding steroid dienone is 1. The SMILES string of the molecule is C=C(NOC)C(=O)c1ccccc1CBr. The summed E-state index contributed by atoms with van der Waals surface area (Å²) >= 11 is 3.33. The summed E-state index contributed by atoms with van der Waals surface area (Å²) in [6, 6.07) is 7.36. The first-order valence-corrected chi connectivity index (χ1v) is 5.49. The highest BCUT2D eigenvalue weighted by Crippen LogP contribution is 2.15. The van der Waals surface area contributed by atoms with E-state index in [0.29, 0.717) is 10.9 Å². The molecule has 1 aromatic carbocycles. The Labute approximate surface area is 97.2 Å². The lowest BCUT2D eigenvalue weighted by Crippen LogP contribution is -2.19. The number of hydrogen-bond donors (Lipinski definition) is 1. The van der Waals surface area contributed by atoms with Crippen molar-refractivity contribution in [2.75, 3.05) is 7.11 Å². The topological polar surface area (TPSA) is 38.3 Å². The Morgan fingerprint density at radius 2 is 2.20 bits per heavy atom. The molecule has 3 nitrogen and oxygen atoms in total. The van der Waals surface area contributed by atoms with Gasteiger partial charge in [0.05, 0.1) is 7.11 Å². The highest BCUT2D eigenvalue weighted by molar-refractivity contribution is 9.08. The van der Waals surface area contributed by atoms with Crippen LogP contribution in [0.15, 0.2) is 36.5 Å². The molecule has 4 heteroatoms. The van der Waals surface area contributed by atoms with Crippen molar-refractivity contribution in [3.63, 3.8) is 0 Å². The van der Waals surface area contributed by atoms with Gasteiger partial charge in [0.1, 0.15) is 5.70 Å². The monoisotopic (exact) mass is 269 g/mol. The van der Waals surface area contributed by atoms with Crippen LogP contribution in [0, 0.1) is 0 Å². The highest BCUT2D eigenvalue weighted by atomic mass is 79.9. The van der Waals surface area contributed by atoms with Crippen molar-refractivity contribution in [1.29, 1.82) is 0 Å². The molecule has 0 atom stereocenters. The zero-order valence-corrected chi connectivity index (χ0v) is 10.0. The summed E-state index contributed by atoms with van der Waals surface area (Å²) in [7, 11) is 1.44. The van der Waals surface area contributed by atoms with Gasteiger partial charge < -0.3 is 0 Å². The molecule has 0 radical (unpaired) electrons. The van der Waals surface area contributed by atoms with E-state index in [-0.39, 0.29) is 11.5 Å². The maximum absolute atomic E-state index is 11.9. The minimum Gasteiger partial charge on any atom is -0.287 e. The number of hydroxylamine groups is 1. The van der Waals surface area contributed by atoms with Gasteiger partial charge in [0.15, 0.2) is 0 Å². The molecular weight excluding hydrogens is 258 g/mol. The number of ketones is 1. The summed E-state index contributed by atoms with van der Waals surface area (Å²) in [5, 5.41) is 0.634. The lowest BCUT2D eigenvalue weighted by atomic mass is 10.0. The maximum Gasteiger partial charge on any atom is 0.210 e. The molecule has 0 amide bonds. The van der Waals surface area contributed by atoms with E-state index in [4.69, 9.17) is 0 Å². The number of hydrogen-bond acceptors (Lipinski definition) is 3. The Balaban J connectivity index is 2.95. The van der Waals surface area contributed by atoms with Crippen LogP contribution >= 0.6 is 15.9 Å². The van der Waals surface area contributed by atoms with Gasteiger partial charge in [-0.25, -0.2) is 0 Å². The molecule has 0 saturated carbocycles. The lowest BCUT2D eigenvalue weighted by Gasteiger charge is -2.08. The molecule has 1 aromatic rings. The van der Waals surface area contributed by atoms with Gasteiger partial charge in [-0.1, -0.05) is 46.8 Å². The molecule has 0 heterocycles. The van der Waals surface area contributed by atoms with Crippen LogP contribution in [-0.4, -0.2) is 12.9 Å². The predicted molar refractivity (Wildman–Crippen MR) is 62.7 cm³/mol. The standard InChI is InChI=1S/C11H12BrNO2/c1-8(13-15-2)11(14)10-6-4-3-5-9(10)7-12/h3-6,13H,1,7H2,2H3. The van der Waals surface area contributed by atoms with E-state index in [2.05, 4.69) is 32.8 Å². The second-order valence-corrected chi connectivity index (χ2v) is 3.47. The van der Waals surface area contributed by atoms with Crippen molar-refractivity contribution < 1.29 is 9.63 Å². The molecule has 1 rings (SSSR count). The first-order chi connectivity index (χ1) is 7.20. The minimum absolute atomic E-state index is 0.160. The Kier molecular flexibility index (Phi) is 4.52. The first kappa shape index (κ1) is 11.9. The second-order valence-electron chi connectivity index (χ2n) is 2.90. The van der Waals surface area contributed by atoms with Crippen LogP contribution in [-0.2, 0) is 10.2 Å². The number of alkyl halides is 1. The summed E-state index contributed by atoms with van der Waals surface area (Å²) in [4.78, 5) is 16.5. The smallest absolute Gasteiger partial charge is 0.210 e. The van der Waals surface area contributed by atoms with Gasteiger partial charge in [-0.05, 0) is 5.56 Å². The molecule has 0 saturated heterocycles. The van der Waals surface area contributed by atoms with Gasteiger partial charge in [0.25, 0.3) is 0 Å². The van der Waals surface area contributed by atoms with Crippen LogP contribution in [0.3, 0.4) is 0 Å². The second kappa shape index (κ2) is 5.68. The minimum atomic E-state index is -0.160. The van der Waals surface area contributed by atoms with E-state index in [9.17, 15) is 4.79 Å². The summed E-state index contributed by atoms with van der Waals surface area (Å²) in [6.07, 6.45) is 0. The van der Waals surface area contributed by atoms with Crippen LogP contribution in [0.25, 0.3) is 0 Å². The molecule has 0 aliphatic rings. The van der Waals surface area contributed by atoms with Crippen LogP contribution in [0.5, 0.6) is 0 Å². The van der Waals surface area contributed by atoms with E-state index in [0.717, 1.165) is 5.56 Å². The Bertz CT molecular complexity index is 377. The number of benzene rings is 1. The van der Waals surface area contributed by atoms with Crippen molar-refractivity contribution in [1.82, 2.24) is 5.48 Å². The molecule has 15 heavy (non-hydrogen) atoms. The van der Waals surface area contributed by atoms with Crippen molar-refractivity contribution in [3.05, 3.63) is 47.7 Å². The third kappa shape index (κ3) is 2.91. The van der Waals surface area contributed by atoms with Crippen molar-refractivity contribution in [2.45, 2.75) is 5.33 Å². The van der Waals surface area contributed by atoms with E-state index < -0.39 is 0 Å². The molecule has 0 aliphatic carbocycles. The van der Waals surface area contributed by atoms with E-state index in [1.165, 1.54) is 7.11 Å².